The molecule has 1 aromatic carbocycles. The Balaban J connectivity index is 2.06. The highest BCUT2D eigenvalue weighted by Crippen LogP contribution is 2.33. The number of benzene rings is 1. The summed E-state index contributed by atoms with van der Waals surface area (Å²) in [6.07, 6.45) is -4.88. The molecule has 1 saturated heterocycles. The van der Waals surface area contributed by atoms with E-state index < -0.39 is 23.7 Å². The molecule has 1 N–H and O–H groups in total. The molecule has 8 heteroatoms. The molecule has 0 bridgehead atoms. The van der Waals surface area contributed by atoms with E-state index >= 15 is 0 Å². The molecule has 0 saturated carbocycles. The smallest absolute Gasteiger partial charge is 0.465 e. The predicted molar refractivity (Wildman–Crippen MR) is 99.1 cm³/mol. The fourth-order valence-electron chi connectivity index (χ4n) is 3.82. The van der Waals surface area contributed by atoms with Crippen LogP contribution >= 0.6 is 0 Å². The number of alkyl halides is 3. The van der Waals surface area contributed by atoms with Crippen LogP contribution in [0.4, 0.5) is 18.0 Å². The quantitative estimate of drug-likeness (QED) is 0.793. The Hall–Kier alpha value is -2.25. The molecular formula is C20H27F3N2O3. The molecule has 1 aliphatic heterocycles. The van der Waals surface area contributed by atoms with Crippen LogP contribution in [0.25, 0.3) is 0 Å². The zero-order valence-electron chi connectivity index (χ0n) is 16.6. The van der Waals surface area contributed by atoms with Crippen LogP contribution in [0.15, 0.2) is 24.3 Å². The van der Waals surface area contributed by atoms with Gasteiger partial charge in [0.05, 0.1) is 6.04 Å². The highest BCUT2D eigenvalue weighted by Gasteiger charge is 2.43. The minimum absolute atomic E-state index is 0.0813. The molecule has 1 aliphatic rings. The summed E-state index contributed by atoms with van der Waals surface area (Å²) in [6, 6.07) is 7.21. The molecule has 1 aromatic rings. The molecule has 0 radical (unpaired) electrons. The van der Waals surface area contributed by atoms with E-state index in [-0.39, 0.29) is 25.0 Å². The van der Waals surface area contributed by atoms with E-state index in [4.69, 9.17) is 0 Å². The zero-order valence-corrected chi connectivity index (χ0v) is 16.6. The maximum Gasteiger partial charge on any atom is 0.471 e. The fourth-order valence-corrected chi connectivity index (χ4v) is 3.82. The number of piperidine rings is 1. The first-order valence-electron chi connectivity index (χ1n) is 9.30. The lowest BCUT2D eigenvalue weighted by atomic mass is 9.88. The van der Waals surface area contributed by atoms with Crippen LogP contribution in [0.5, 0.6) is 0 Å². The van der Waals surface area contributed by atoms with E-state index in [9.17, 15) is 27.9 Å². The minimum atomic E-state index is -4.83. The summed E-state index contributed by atoms with van der Waals surface area (Å²) < 4.78 is 37.6. The van der Waals surface area contributed by atoms with Crippen molar-refractivity contribution in [2.24, 2.45) is 0 Å². The van der Waals surface area contributed by atoms with Gasteiger partial charge in [-0.1, -0.05) is 24.3 Å². The normalized spacial score (nSPS) is 17.3. The number of carbonyl (C=O) groups is 2. The zero-order chi connectivity index (χ0) is 21.3. The van der Waals surface area contributed by atoms with Crippen molar-refractivity contribution in [1.29, 1.82) is 0 Å². The molecule has 1 atom stereocenters. The number of amides is 2. The van der Waals surface area contributed by atoms with Gasteiger partial charge in [-0.15, -0.1) is 0 Å². The van der Waals surface area contributed by atoms with Gasteiger partial charge in [0.2, 0.25) is 0 Å². The van der Waals surface area contributed by atoms with Crippen LogP contribution in [-0.2, 0) is 4.79 Å². The maximum absolute atomic E-state index is 12.5. The summed E-state index contributed by atoms with van der Waals surface area (Å²) in [5.74, 6) is -1.69. The summed E-state index contributed by atoms with van der Waals surface area (Å²) in [5, 5.41) is 9.54. The first-order chi connectivity index (χ1) is 12.8. The summed E-state index contributed by atoms with van der Waals surface area (Å²) in [4.78, 5) is 25.2. The van der Waals surface area contributed by atoms with Gasteiger partial charge >= 0.3 is 18.2 Å². The number of nitrogens with zero attached hydrogens (tertiary/aromatic N) is 2. The van der Waals surface area contributed by atoms with Crippen LogP contribution in [0.2, 0.25) is 0 Å². The Labute approximate surface area is 163 Å². The molecule has 0 unspecified atom stereocenters. The topological polar surface area (TPSA) is 60.9 Å². The van der Waals surface area contributed by atoms with E-state index in [2.05, 4.69) is 0 Å². The molecule has 0 aliphatic carbocycles. The standard InChI is InChI=1S/C20H27F3N2O3/c1-13(25(18(27)28)19(2,3)4)14-5-7-15(8-6-14)16-9-11-24(12-10-16)17(26)20(21,22)23/h5-8,13,16H,9-12H2,1-4H3,(H,27,28)/t13-/m0/s1. The van der Waals surface area contributed by atoms with Gasteiger partial charge in [0.25, 0.3) is 0 Å². The molecular weight excluding hydrogens is 373 g/mol. The summed E-state index contributed by atoms with van der Waals surface area (Å²) in [5.41, 5.74) is 1.29. The van der Waals surface area contributed by atoms with Crippen LogP contribution in [-0.4, -0.2) is 51.7 Å². The first-order valence-corrected chi connectivity index (χ1v) is 9.30. The average Bonchev–Trinajstić information content (AvgIpc) is 2.59. The SMILES string of the molecule is C[C@@H](c1ccc(C2CCN(C(=O)C(F)(F)F)CC2)cc1)N(C(=O)O)C(C)(C)C. The third-order valence-corrected chi connectivity index (χ3v) is 5.23. The van der Waals surface area contributed by atoms with Gasteiger partial charge in [0, 0.05) is 18.6 Å². The Bertz CT molecular complexity index is 703. The van der Waals surface area contributed by atoms with Gasteiger partial charge in [-0.2, -0.15) is 13.2 Å². The number of rotatable bonds is 3. The van der Waals surface area contributed by atoms with Crippen molar-refractivity contribution >= 4 is 12.0 Å². The number of carbonyl (C=O) groups excluding carboxylic acids is 1. The maximum atomic E-state index is 12.5. The van der Waals surface area contributed by atoms with Crippen molar-refractivity contribution in [2.45, 2.75) is 64.2 Å². The number of likely N-dealkylation sites (tertiary alicyclic amines) is 1. The number of hydrogen-bond acceptors (Lipinski definition) is 2. The van der Waals surface area contributed by atoms with Crippen molar-refractivity contribution in [1.82, 2.24) is 9.80 Å². The molecule has 0 spiro atoms. The van der Waals surface area contributed by atoms with Gasteiger partial charge < -0.3 is 10.0 Å². The van der Waals surface area contributed by atoms with Crippen LogP contribution in [0, 0.1) is 0 Å². The van der Waals surface area contributed by atoms with Crippen molar-refractivity contribution in [3.05, 3.63) is 35.4 Å². The summed E-state index contributed by atoms with van der Waals surface area (Å²) in [6.45, 7) is 7.50. The lowest BCUT2D eigenvalue weighted by Crippen LogP contribution is -2.46. The van der Waals surface area contributed by atoms with Crippen molar-refractivity contribution in [3.63, 3.8) is 0 Å². The molecule has 2 rings (SSSR count). The lowest BCUT2D eigenvalue weighted by Gasteiger charge is -2.38. The summed E-state index contributed by atoms with van der Waals surface area (Å²) >= 11 is 0. The average molecular weight is 400 g/mol. The van der Waals surface area contributed by atoms with Crippen molar-refractivity contribution in [2.75, 3.05) is 13.1 Å². The van der Waals surface area contributed by atoms with E-state index in [1.807, 2.05) is 52.0 Å². The number of halogens is 3. The second-order valence-corrected chi connectivity index (χ2v) is 8.23. The second-order valence-electron chi connectivity index (χ2n) is 8.23. The number of carboxylic acid groups (broad SMARTS) is 1. The van der Waals surface area contributed by atoms with Crippen molar-refractivity contribution < 1.29 is 27.9 Å². The predicted octanol–water partition coefficient (Wildman–Crippen LogP) is 4.79. The van der Waals surface area contributed by atoms with Gasteiger partial charge in [-0.3, -0.25) is 9.69 Å². The summed E-state index contributed by atoms with van der Waals surface area (Å²) in [7, 11) is 0. The van der Waals surface area contributed by atoms with Gasteiger partial charge in [-0.05, 0) is 57.6 Å². The second kappa shape index (κ2) is 8.01. The van der Waals surface area contributed by atoms with Gasteiger partial charge in [-0.25, -0.2) is 4.79 Å². The first kappa shape index (κ1) is 22.0. The third-order valence-electron chi connectivity index (χ3n) is 5.23. The van der Waals surface area contributed by atoms with E-state index in [0.29, 0.717) is 12.8 Å². The Morgan fingerprint density at radius 2 is 1.61 bits per heavy atom. The molecule has 1 heterocycles. The van der Waals surface area contributed by atoms with E-state index in [1.54, 1.807) is 0 Å². The fraction of sp³-hybridized carbons (Fsp3) is 0.600. The third kappa shape index (κ3) is 4.97. The minimum Gasteiger partial charge on any atom is -0.465 e. The van der Waals surface area contributed by atoms with E-state index in [1.165, 1.54) is 4.90 Å². The highest BCUT2D eigenvalue weighted by molar-refractivity contribution is 5.81. The largest absolute Gasteiger partial charge is 0.471 e. The van der Waals surface area contributed by atoms with Crippen LogP contribution in [0.3, 0.4) is 0 Å². The Kier molecular flexibility index (Phi) is 6.31. The van der Waals surface area contributed by atoms with Crippen molar-refractivity contribution in [3.8, 4) is 0 Å². The molecule has 28 heavy (non-hydrogen) atoms. The monoisotopic (exact) mass is 400 g/mol. The molecule has 0 aromatic heterocycles. The molecule has 2 amide bonds. The Morgan fingerprint density at radius 1 is 1.11 bits per heavy atom. The number of hydrogen-bond donors (Lipinski definition) is 1. The molecule has 156 valence electrons. The van der Waals surface area contributed by atoms with Gasteiger partial charge in [0.15, 0.2) is 0 Å². The lowest BCUT2D eigenvalue weighted by molar-refractivity contribution is -0.186. The van der Waals surface area contributed by atoms with Crippen LogP contribution in [0.1, 0.15) is 63.6 Å². The highest BCUT2D eigenvalue weighted by atomic mass is 19.4. The molecule has 5 nitrogen and oxygen atoms in total. The van der Waals surface area contributed by atoms with Gasteiger partial charge in [0.1, 0.15) is 0 Å². The van der Waals surface area contributed by atoms with E-state index in [0.717, 1.165) is 16.0 Å². The molecule has 1 fully saturated rings. The van der Waals surface area contributed by atoms with Crippen LogP contribution < -0.4 is 0 Å². The Morgan fingerprint density at radius 3 is 2.00 bits per heavy atom.